The Bertz CT molecular complexity index is 1520. The first kappa shape index (κ1) is 23.6. The summed E-state index contributed by atoms with van der Waals surface area (Å²) in [6.45, 7) is 0.954. The molecule has 0 saturated carbocycles. The van der Waals surface area contributed by atoms with E-state index in [0.29, 0.717) is 30.6 Å². The number of fused-ring (bicyclic) bond motifs is 2. The summed E-state index contributed by atoms with van der Waals surface area (Å²) in [6.07, 6.45) is 3.76. The highest BCUT2D eigenvalue weighted by Gasteiger charge is 2.28. The molecule has 1 aliphatic rings. The second kappa shape index (κ2) is 10.2. The number of carbonyl (C=O) groups is 1. The Morgan fingerprint density at radius 3 is 2.11 bits per heavy atom. The van der Waals surface area contributed by atoms with E-state index in [1.165, 1.54) is 24.3 Å². The van der Waals surface area contributed by atoms with E-state index in [0.717, 1.165) is 27.9 Å². The van der Waals surface area contributed by atoms with E-state index in [9.17, 15) is 13.6 Å². The fourth-order valence-corrected chi connectivity index (χ4v) is 4.20. The summed E-state index contributed by atoms with van der Waals surface area (Å²) in [6, 6.07) is 19.9. The lowest BCUT2D eigenvalue weighted by Crippen LogP contribution is -2.26. The molecule has 4 heterocycles. The van der Waals surface area contributed by atoms with Gasteiger partial charge in [0.2, 0.25) is 11.2 Å². The van der Waals surface area contributed by atoms with Crippen molar-refractivity contribution in [3.05, 3.63) is 119 Å². The molecule has 0 radical (unpaired) electrons. The highest BCUT2D eigenvalue weighted by Crippen LogP contribution is 2.27. The van der Waals surface area contributed by atoms with Gasteiger partial charge in [0.15, 0.2) is 5.65 Å². The van der Waals surface area contributed by atoms with Crippen LogP contribution in [0.1, 0.15) is 16.7 Å². The van der Waals surface area contributed by atoms with Crippen molar-refractivity contribution in [2.75, 3.05) is 4.90 Å². The van der Waals surface area contributed by atoms with Crippen molar-refractivity contribution in [3.63, 3.8) is 0 Å². The van der Waals surface area contributed by atoms with E-state index >= 15 is 0 Å². The lowest BCUT2D eigenvalue weighted by Gasteiger charge is -2.16. The monoisotopic (exact) mass is 503 g/mol. The molecule has 0 spiro atoms. The molecule has 0 unspecified atom stereocenters. The van der Waals surface area contributed by atoms with Crippen molar-refractivity contribution in [2.24, 2.45) is 0 Å². The van der Waals surface area contributed by atoms with Crippen LogP contribution >= 0.6 is 11.6 Å². The summed E-state index contributed by atoms with van der Waals surface area (Å²) < 4.78 is 27.5. The minimum absolute atomic E-state index is 0.0352. The number of hydrogen-bond acceptors (Lipinski definition) is 4. The van der Waals surface area contributed by atoms with Gasteiger partial charge in [-0.25, -0.2) is 23.7 Å². The Morgan fingerprint density at radius 2 is 1.42 bits per heavy atom. The molecule has 36 heavy (non-hydrogen) atoms. The molecule has 9 heteroatoms. The number of rotatable bonds is 4. The number of nitrogens with zero attached hydrogens (tertiary/aromatic N) is 5. The number of carbonyl (C=O) groups excluding carboxylic acids is 1. The average molecular weight is 504 g/mol. The summed E-state index contributed by atoms with van der Waals surface area (Å²) in [5.41, 5.74) is 4.27. The number of pyridine rings is 2. The molecule has 0 atom stereocenters. The van der Waals surface area contributed by atoms with Crippen molar-refractivity contribution in [3.8, 4) is 0 Å². The van der Waals surface area contributed by atoms with E-state index in [1.54, 1.807) is 46.1 Å². The number of amides is 1. The largest absolute Gasteiger partial charge is 0.295 e. The summed E-state index contributed by atoms with van der Waals surface area (Å²) in [4.78, 5) is 26.3. The van der Waals surface area contributed by atoms with Crippen LogP contribution in [-0.2, 0) is 24.3 Å². The Balaban J connectivity index is 0.000000148. The van der Waals surface area contributed by atoms with E-state index in [2.05, 4.69) is 15.0 Å². The minimum Gasteiger partial charge on any atom is -0.295 e. The predicted molar refractivity (Wildman–Crippen MR) is 134 cm³/mol. The molecule has 2 aromatic carbocycles. The van der Waals surface area contributed by atoms with Gasteiger partial charge >= 0.3 is 0 Å². The first-order valence-electron chi connectivity index (χ1n) is 11.2. The number of benzene rings is 2. The summed E-state index contributed by atoms with van der Waals surface area (Å²) in [7, 11) is 0. The molecule has 1 amide bonds. The van der Waals surface area contributed by atoms with Crippen LogP contribution in [0.15, 0.2) is 85.2 Å². The maximum atomic E-state index is 12.8. The molecule has 1 aliphatic heterocycles. The number of aromatic nitrogens is 4. The zero-order valence-corrected chi connectivity index (χ0v) is 19.7. The maximum Gasteiger partial charge on any atom is 0.233 e. The van der Waals surface area contributed by atoms with Gasteiger partial charge in [-0.15, -0.1) is 0 Å². The van der Waals surface area contributed by atoms with E-state index < -0.39 is 0 Å². The lowest BCUT2D eigenvalue weighted by molar-refractivity contribution is -0.117. The molecule has 0 saturated heterocycles. The van der Waals surface area contributed by atoms with Crippen molar-refractivity contribution < 1.29 is 13.6 Å². The molecular formula is C27H20ClF2N5O. The second-order valence-electron chi connectivity index (χ2n) is 8.21. The number of anilines is 1. The van der Waals surface area contributed by atoms with Crippen LogP contribution in [0.5, 0.6) is 0 Å². The van der Waals surface area contributed by atoms with E-state index in [4.69, 9.17) is 11.6 Å². The highest BCUT2D eigenvalue weighted by atomic mass is 35.5. The summed E-state index contributed by atoms with van der Waals surface area (Å²) in [5.74, 6) is 0.225. The first-order valence-corrected chi connectivity index (χ1v) is 11.6. The third kappa shape index (κ3) is 5.08. The molecule has 180 valence electrons. The zero-order valence-electron chi connectivity index (χ0n) is 19.0. The lowest BCUT2D eigenvalue weighted by atomic mass is 10.2. The zero-order chi connectivity index (χ0) is 25.1. The van der Waals surface area contributed by atoms with E-state index in [-0.39, 0.29) is 17.5 Å². The van der Waals surface area contributed by atoms with Crippen molar-refractivity contribution in [2.45, 2.75) is 19.5 Å². The normalized spacial score (nSPS) is 12.4. The van der Waals surface area contributed by atoms with Crippen molar-refractivity contribution >= 4 is 34.5 Å². The number of hydrogen-bond donors (Lipinski definition) is 0. The SMILES string of the molecule is Fc1ccc(Cn2c(Cl)nc3cccnc32)cc1.O=C1Cc2cccnc2N1Cc1ccc(F)cc1. The molecule has 6 rings (SSSR count). The molecule has 6 nitrogen and oxygen atoms in total. The summed E-state index contributed by atoms with van der Waals surface area (Å²) in [5, 5.41) is 0.382. The molecule has 5 aromatic rings. The molecule has 0 N–H and O–H groups in total. The standard InChI is InChI=1S/C14H11FN2O.C13H9ClFN3/c15-12-5-3-10(4-6-12)9-17-13(18)8-11-2-1-7-16-14(11)17;14-13-17-11-2-1-7-16-12(11)18(13)8-9-3-5-10(15)6-4-9/h1-7H,8-9H2;1-7H,8H2. The van der Waals surface area contributed by atoms with Gasteiger partial charge in [-0.3, -0.25) is 14.3 Å². The minimum atomic E-state index is -0.273. The molecule has 3 aromatic heterocycles. The molecule has 0 fully saturated rings. The number of imidazole rings is 1. The predicted octanol–water partition coefficient (Wildman–Crippen LogP) is 5.58. The molecule has 0 bridgehead atoms. The smallest absolute Gasteiger partial charge is 0.233 e. The van der Waals surface area contributed by atoms with Crippen LogP contribution in [0.4, 0.5) is 14.6 Å². The van der Waals surface area contributed by atoms with E-state index in [1.807, 2.05) is 24.3 Å². The first-order chi connectivity index (χ1) is 17.5. The van der Waals surface area contributed by atoms with Gasteiger partial charge in [0.05, 0.1) is 19.5 Å². The van der Waals surface area contributed by atoms with Crippen LogP contribution in [0.3, 0.4) is 0 Å². The Labute approximate surface area is 210 Å². The van der Waals surface area contributed by atoms with Gasteiger partial charge in [-0.1, -0.05) is 30.3 Å². The molecule has 0 aliphatic carbocycles. The van der Waals surface area contributed by atoms with Gasteiger partial charge in [0.25, 0.3) is 0 Å². The topological polar surface area (TPSA) is 63.9 Å². The highest BCUT2D eigenvalue weighted by molar-refractivity contribution is 6.29. The third-order valence-corrected chi connectivity index (χ3v) is 6.02. The fourth-order valence-electron chi connectivity index (χ4n) is 3.97. The van der Waals surface area contributed by atoms with Gasteiger partial charge in [-0.05, 0) is 65.2 Å². The Kier molecular flexibility index (Phi) is 6.69. The van der Waals surface area contributed by atoms with Gasteiger partial charge in [-0.2, -0.15) is 0 Å². The second-order valence-corrected chi connectivity index (χ2v) is 8.55. The van der Waals surface area contributed by atoms with Gasteiger partial charge in [0.1, 0.15) is 23.0 Å². The summed E-state index contributed by atoms with van der Waals surface area (Å²) >= 11 is 6.09. The Morgan fingerprint density at radius 1 is 0.806 bits per heavy atom. The van der Waals surface area contributed by atoms with Crippen LogP contribution in [0, 0.1) is 11.6 Å². The van der Waals surface area contributed by atoms with Crippen LogP contribution in [0.2, 0.25) is 5.28 Å². The van der Waals surface area contributed by atoms with Crippen LogP contribution in [-0.4, -0.2) is 25.4 Å². The Hall–Kier alpha value is -4.17. The fraction of sp³-hybridized carbons (Fsp3) is 0.111. The van der Waals surface area contributed by atoms with Crippen molar-refractivity contribution in [1.82, 2.24) is 19.5 Å². The van der Waals surface area contributed by atoms with Gasteiger partial charge < -0.3 is 0 Å². The van der Waals surface area contributed by atoms with Crippen molar-refractivity contribution in [1.29, 1.82) is 0 Å². The molecular weight excluding hydrogens is 484 g/mol. The third-order valence-electron chi connectivity index (χ3n) is 5.73. The quantitative estimate of drug-likeness (QED) is 0.321. The maximum absolute atomic E-state index is 12.8. The van der Waals surface area contributed by atoms with Crippen LogP contribution < -0.4 is 4.90 Å². The van der Waals surface area contributed by atoms with Crippen LogP contribution in [0.25, 0.3) is 11.2 Å². The van der Waals surface area contributed by atoms with Gasteiger partial charge in [0, 0.05) is 18.0 Å². The average Bonchev–Trinajstić information content (AvgIpc) is 3.37. The number of halogens is 3.